The lowest BCUT2D eigenvalue weighted by Gasteiger charge is -2.06. The highest BCUT2D eigenvalue weighted by atomic mass is 14.9. The third-order valence-corrected chi connectivity index (χ3v) is 1.20. The third kappa shape index (κ3) is 8.69. The summed E-state index contributed by atoms with van der Waals surface area (Å²) in [6.07, 6.45) is 7.33. The average molecular weight is 190 g/mol. The molecule has 14 heavy (non-hydrogen) atoms. The minimum atomic E-state index is -0.110. The molecule has 0 saturated carbocycles. The summed E-state index contributed by atoms with van der Waals surface area (Å²) in [6, 6.07) is 2.67. The van der Waals surface area contributed by atoms with Gasteiger partial charge in [0.2, 0.25) is 0 Å². The Balaban J connectivity index is 4.38. The molecule has 2 nitrogen and oxygen atoms in total. The van der Waals surface area contributed by atoms with Crippen LogP contribution in [0, 0.1) is 0 Å². The summed E-state index contributed by atoms with van der Waals surface area (Å²) in [7, 11) is 0. The summed E-state index contributed by atoms with van der Waals surface area (Å²) in [5, 5.41) is 0. The molecule has 0 aliphatic rings. The quantitative estimate of drug-likeness (QED) is 0.480. The standard InChI is InChI=1S/C12H18N2/c1-6-7-8-9-11(2)13-10-14-12(3,4)5/h6-9H,1H2,2-5H3/b8-7-,11-9+. The second-order valence-electron chi connectivity index (χ2n) is 3.92. The highest BCUT2D eigenvalue weighted by Gasteiger charge is 2.03. The Hall–Kier alpha value is -1.40. The summed E-state index contributed by atoms with van der Waals surface area (Å²) in [6.45, 7) is 11.5. The van der Waals surface area contributed by atoms with Crippen LogP contribution in [0.4, 0.5) is 0 Å². The SMILES string of the molecule is C=C/C=C\C=C(/C)N=C=NC(C)(C)C. The molecular weight excluding hydrogens is 172 g/mol. The summed E-state index contributed by atoms with van der Waals surface area (Å²) >= 11 is 0. The lowest BCUT2D eigenvalue weighted by Crippen LogP contribution is -2.07. The molecule has 2 heteroatoms. The van der Waals surface area contributed by atoms with Crippen molar-refractivity contribution in [2.45, 2.75) is 33.2 Å². The van der Waals surface area contributed by atoms with E-state index in [1.807, 2.05) is 45.9 Å². The molecule has 0 amide bonds. The number of rotatable bonds is 3. The van der Waals surface area contributed by atoms with Crippen LogP contribution >= 0.6 is 0 Å². The maximum Gasteiger partial charge on any atom is 0.0950 e. The van der Waals surface area contributed by atoms with Crippen molar-refractivity contribution < 1.29 is 0 Å². The van der Waals surface area contributed by atoms with Crippen molar-refractivity contribution in [3.05, 3.63) is 36.6 Å². The smallest absolute Gasteiger partial charge is 0.0950 e. The van der Waals surface area contributed by atoms with Gasteiger partial charge in [-0.1, -0.05) is 24.8 Å². The van der Waals surface area contributed by atoms with Crippen molar-refractivity contribution in [2.24, 2.45) is 9.98 Å². The number of hydrogen-bond donors (Lipinski definition) is 0. The molecule has 0 unspecified atom stereocenters. The third-order valence-electron chi connectivity index (χ3n) is 1.20. The van der Waals surface area contributed by atoms with Gasteiger partial charge in [0.1, 0.15) is 0 Å². The molecule has 0 aliphatic heterocycles. The number of hydrogen-bond acceptors (Lipinski definition) is 2. The fraction of sp³-hybridized carbons (Fsp3) is 0.417. The van der Waals surface area contributed by atoms with Gasteiger partial charge in [0.15, 0.2) is 0 Å². The van der Waals surface area contributed by atoms with Gasteiger partial charge >= 0.3 is 0 Å². The molecule has 0 aliphatic carbocycles. The van der Waals surface area contributed by atoms with E-state index >= 15 is 0 Å². The second kappa shape index (κ2) is 6.11. The zero-order valence-electron chi connectivity index (χ0n) is 9.41. The second-order valence-corrected chi connectivity index (χ2v) is 3.92. The summed E-state index contributed by atoms with van der Waals surface area (Å²) in [5.74, 6) is 0. The number of nitrogens with zero attached hydrogens (tertiary/aromatic N) is 2. The van der Waals surface area contributed by atoms with Crippen LogP contribution in [-0.2, 0) is 0 Å². The molecule has 0 aromatic heterocycles. The van der Waals surface area contributed by atoms with Gasteiger partial charge in [-0.15, -0.1) is 0 Å². The van der Waals surface area contributed by atoms with Crippen molar-refractivity contribution >= 4 is 6.01 Å². The molecule has 0 saturated heterocycles. The maximum atomic E-state index is 4.12. The molecule has 0 rings (SSSR count). The maximum absolute atomic E-state index is 4.12. The van der Waals surface area contributed by atoms with E-state index in [-0.39, 0.29) is 5.54 Å². The van der Waals surface area contributed by atoms with E-state index in [2.05, 4.69) is 22.6 Å². The van der Waals surface area contributed by atoms with E-state index in [1.165, 1.54) is 0 Å². The molecule has 0 spiro atoms. The van der Waals surface area contributed by atoms with Gasteiger partial charge in [0.05, 0.1) is 11.5 Å². The fourth-order valence-corrected chi connectivity index (χ4v) is 0.565. The normalized spacial score (nSPS) is 12.4. The first-order valence-electron chi connectivity index (χ1n) is 4.59. The first kappa shape index (κ1) is 12.6. The summed E-state index contributed by atoms with van der Waals surface area (Å²) in [4.78, 5) is 8.16. The lowest BCUT2D eigenvalue weighted by molar-refractivity contribution is 0.587. The Morgan fingerprint density at radius 3 is 2.43 bits per heavy atom. The Labute approximate surface area is 86.5 Å². The molecule has 0 heterocycles. The predicted octanol–water partition coefficient (Wildman–Crippen LogP) is 3.60. The number of allylic oxidation sites excluding steroid dienone is 5. The van der Waals surface area contributed by atoms with E-state index in [0.29, 0.717) is 0 Å². The molecule has 0 radical (unpaired) electrons. The Kier molecular flexibility index (Phi) is 5.50. The zero-order valence-corrected chi connectivity index (χ0v) is 9.41. The van der Waals surface area contributed by atoms with Crippen LogP contribution in [0.5, 0.6) is 0 Å². The average Bonchev–Trinajstić information content (AvgIpc) is 2.02. The largest absolute Gasteiger partial charge is 0.219 e. The first-order chi connectivity index (χ1) is 6.45. The van der Waals surface area contributed by atoms with Crippen molar-refractivity contribution in [1.82, 2.24) is 0 Å². The zero-order chi connectivity index (χ0) is 11.0. The van der Waals surface area contributed by atoms with Crippen LogP contribution < -0.4 is 0 Å². The highest BCUT2D eigenvalue weighted by Crippen LogP contribution is 2.04. The van der Waals surface area contributed by atoms with Crippen molar-refractivity contribution in [2.75, 3.05) is 0 Å². The molecular formula is C12H18N2. The van der Waals surface area contributed by atoms with Crippen LogP contribution in [0.3, 0.4) is 0 Å². The van der Waals surface area contributed by atoms with Gasteiger partial charge in [-0.3, -0.25) is 0 Å². The predicted molar refractivity (Wildman–Crippen MR) is 62.7 cm³/mol. The fourth-order valence-electron chi connectivity index (χ4n) is 0.565. The first-order valence-corrected chi connectivity index (χ1v) is 4.59. The summed E-state index contributed by atoms with van der Waals surface area (Å²) < 4.78 is 0. The van der Waals surface area contributed by atoms with E-state index in [9.17, 15) is 0 Å². The summed E-state index contributed by atoms with van der Waals surface area (Å²) in [5.41, 5.74) is 0.761. The Morgan fingerprint density at radius 2 is 1.93 bits per heavy atom. The van der Waals surface area contributed by atoms with Crippen LogP contribution in [0.15, 0.2) is 46.6 Å². The minimum Gasteiger partial charge on any atom is -0.219 e. The van der Waals surface area contributed by atoms with Gasteiger partial charge in [-0.2, -0.15) is 4.99 Å². The molecule has 0 atom stereocenters. The van der Waals surface area contributed by atoms with Crippen LogP contribution in [0.25, 0.3) is 0 Å². The Morgan fingerprint density at radius 1 is 1.29 bits per heavy atom. The van der Waals surface area contributed by atoms with Gasteiger partial charge in [-0.05, 0) is 33.8 Å². The number of aliphatic imine (C=N–C) groups is 2. The minimum absolute atomic E-state index is 0.110. The van der Waals surface area contributed by atoms with E-state index < -0.39 is 0 Å². The van der Waals surface area contributed by atoms with Gasteiger partial charge in [-0.25, -0.2) is 4.99 Å². The molecule has 76 valence electrons. The van der Waals surface area contributed by atoms with E-state index in [4.69, 9.17) is 0 Å². The van der Waals surface area contributed by atoms with Crippen molar-refractivity contribution in [3.8, 4) is 0 Å². The van der Waals surface area contributed by atoms with Crippen LogP contribution in [-0.4, -0.2) is 11.5 Å². The topological polar surface area (TPSA) is 24.7 Å². The molecule has 0 fully saturated rings. The lowest BCUT2D eigenvalue weighted by atomic mass is 10.1. The van der Waals surface area contributed by atoms with Crippen molar-refractivity contribution in [3.63, 3.8) is 0 Å². The molecule has 0 N–H and O–H groups in total. The monoisotopic (exact) mass is 190 g/mol. The molecule has 0 aromatic rings. The van der Waals surface area contributed by atoms with Gasteiger partial charge < -0.3 is 0 Å². The van der Waals surface area contributed by atoms with Gasteiger partial charge in [0.25, 0.3) is 0 Å². The van der Waals surface area contributed by atoms with Crippen molar-refractivity contribution in [1.29, 1.82) is 0 Å². The van der Waals surface area contributed by atoms with E-state index in [0.717, 1.165) is 5.70 Å². The highest BCUT2D eigenvalue weighted by molar-refractivity contribution is 5.45. The van der Waals surface area contributed by atoms with Crippen LogP contribution in [0.2, 0.25) is 0 Å². The van der Waals surface area contributed by atoms with E-state index in [1.54, 1.807) is 6.08 Å². The van der Waals surface area contributed by atoms with Gasteiger partial charge in [0, 0.05) is 5.70 Å². The molecule has 0 aromatic carbocycles. The molecule has 0 bridgehead atoms. The van der Waals surface area contributed by atoms with Crippen LogP contribution in [0.1, 0.15) is 27.7 Å². The Bertz CT molecular complexity index is 295.